The van der Waals surface area contributed by atoms with Crippen LogP contribution in [0.1, 0.15) is 30.2 Å². The number of pyridine rings is 1. The van der Waals surface area contributed by atoms with E-state index in [1.807, 2.05) is 0 Å². The first-order chi connectivity index (χ1) is 8.22. The van der Waals surface area contributed by atoms with E-state index in [1.165, 1.54) is 22.9 Å². The fourth-order valence-electron chi connectivity index (χ4n) is 2.15. The van der Waals surface area contributed by atoms with Gasteiger partial charge in [-0.05, 0) is 44.0 Å². The van der Waals surface area contributed by atoms with E-state index >= 15 is 0 Å². The molecule has 2 nitrogen and oxygen atoms in total. The summed E-state index contributed by atoms with van der Waals surface area (Å²) in [6, 6.07) is 8.58. The van der Waals surface area contributed by atoms with Crippen molar-refractivity contribution in [3.8, 4) is 0 Å². The molecule has 0 unspecified atom stereocenters. The molecule has 1 aromatic heterocycles. The minimum Gasteiger partial charge on any atom is -0.313 e. The van der Waals surface area contributed by atoms with Gasteiger partial charge >= 0.3 is 0 Å². The Bertz CT molecular complexity index is 518. The number of fused-ring (bicyclic) bond motifs is 1. The predicted molar refractivity (Wildman–Crippen MR) is 73.2 cm³/mol. The Morgan fingerprint density at radius 2 is 2.06 bits per heavy atom. The molecule has 0 bridgehead atoms. The van der Waals surface area contributed by atoms with Crippen molar-refractivity contribution in [3.63, 3.8) is 0 Å². The Kier molecular flexibility index (Phi) is 3.75. The number of benzene rings is 1. The summed E-state index contributed by atoms with van der Waals surface area (Å²) in [6.45, 7) is 8.37. The molecular weight excluding hydrogens is 208 g/mol. The van der Waals surface area contributed by atoms with Crippen molar-refractivity contribution in [1.29, 1.82) is 0 Å². The lowest BCUT2D eigenvalue weighted by Crippen LogP contribution is -2.14. The zero-order chi connectivity index (χ0) is 12.3. The van der Waals surface area contributed by atoms with E-state index in [9.17, 15) is 0 Å². The maximum Gasteiger partial charge on any atom is 0.0737 e. The molecule has 0 fully saturated rings. The number of nitrogens with one attached hydrogen (secondary N) is 1. The molecule has 0 spiro atoms. The summed E-state index contributed by atoms with van der Waals surface area (Å²) >= 11 is 0. The van der Waals surface area contributed by atoms with Gasteiger partial charge in [-0.15, -0.1) is 0 Å². The Morgan fingerprint density at radius 3 is 2.82 bits per heavy atom. The SMILES string of the molecule is CCCNCc1cc(C)nc2c(C)cccc12. The van der Waals surface area contributed by atoms with Crippen LogP contribution in [0.4, 0.5) is 0 Å². The van der Waals surface area contributed by atoms with Crippen LogP contribution in [0, 0.1) is 13.8 Å². The lowest BCUT2D eigenvalue weighted by atomic mass is 10.0. The van der Waals surface area contributed by atoms with Crippen molar-refractivity contribution in [2.45, 2.75) is 33.7 Å². The lowest BCUT2D eigenvalue weighted by molar-refractivity contribution is 0.677. The molecule has 90 valence electrons. The summed E-state index contributed by atoms with van der Waals surface area (Å²) in [5.74, 6) is 0. The first-order valence-corrected chi connectivity index (χ1v) is 6.29. The van der Waals surface area contributed by atoms with Gasteiger partial charge in [0.1, 0.15) is 0 Å². The minimum atomic E-state index is 0.928. The molecule has 1 heterocycles. The molecule has 2 heteroatoms. The number of aryl methyl sites for hydroxylation is 2. The highest BCUT2D eigenvalue weighted by molar-refractivity contribution is 5.85. The van der Waals surface area contributed by atoms with Crippen molar-refractivity contribution in [2.24, 2.45) is 0 Å². The van der Waals surface area contributed by atoms with Gasteiger partial charge in [-0.1, -0.05) is 25.1 Å². The van der Waals surface area contributed by atoms with Gasteiger partial charge < -0.3 is 5.32 Å². The second kappa shape index (κ2) is 5.28. The Balaban J connectivity index is 2.43. The maximum atomic E-state index is 4.64. The van der Waals surface area contributed by atoms with E-state index < -0.39 is 0 Å². The van der Waals surface area contributed by atoms with Gasteiger partial charge in [0.15, 0.2) is 0 Å². The standard InChI is InChI=1S/C15H20N2/c1-4-8-16-10-13-9-12(3)17-15-11(2)6-5-7-14(13)15/h5-7,9,16H,4,8,10H2,1-3H3. The average molecular weight is 228 g/mol. The van der Waals surface area contributed by atoms with E-state index in [0.717, 1.165) is 24.3 Å². The highest BCUT2D eigenvalue weighted by Crippen LogP contribution is 2.21. The summed E-state index contributed by atoms with van der Waals surface area (Å²) in [5.41, 5.74) is 4.84. The van der Waals surface area contributed by atoms with Crippen molar-refractivity contribution in [2.75, 3.05) is 6.54 Å². The second-order valence-corrected chi connectivity index (χ2v) is 4.57. The summed E-state index contributed by atoms with van der Waals surface area (Å²) in [4.78, 5) is 4.64. The molecule has 1 aromatic carbocycles. The van der Waals surface area contributed by atoms with Crippen molar-refractivity contribution >= 4 is 10.9 Å². The summed E-state index contributed by atoms with van der Waals surface area (Å²) < 4.78 is 0. The van der Waals surface area contributed by atoms with Crippen LogP contribution in [-0.2, 0) is 6.54 Å². The van der Waals surface area contributed by atoms with E-state index in [-0.39, 0.29) is 0 Å². The molecule has 0 aliphatic rings. The summed E-state index contributed by atoms with van der Waals surface area (Å²) in [5, 5.41) is 4.74. The number of para-hydroxylation sites is 1. The number of rotatable bonds is 4. The first kappa shape index (κ1) is 12.1. The highest BCUT2D eigenvalue weighted by atomic mass is 14.8. The fourth-order valence-corrected chi connectivity index (χ4v) is 2.15. The van der Waals surface area contributed by atoms with Crippen molar-refractivity contribution in [3.05, 3.63) is 41.1 Å². The smallest absolute Gasteiger partial charge is 0.0737 e. The molecule has 17 heavy (non-hydrogen) atoms. The molecular formula is C15H20N2. The summed E-state index contributed by atoms with van der Waals surface area (Å²) in [6.07, 6.45) is 1.17. The number of hydrogen-bond donors (Lipinski definition) is 1. The molecule has 0 aliphatic carbocycles. The highest BCUT2D eigenvalue weighted by Gasteiger charge is 2.05. The van der Waals surface area contributed by atoms with Gasteiger partial charge in [0.05, 0.1) is 5.52 Å². The molecule has 2 rings (SSSR count). The number of aromatic nitrogens is 1. The van der Waals surface area contributed by atoms with Crippen LogP contribution in [0.2, 0.25) is 0 Å². The topological polar surface area (TPSA) is 24.9 Å². The Morgan fingerprint density at radius 1 is 1.24 bits per heavy atom. The second-order valence-electron chi connectivity index (χ2n) is 4.57. The largest absolute Gasteiger partial charge is 0.313 e. The maximum absolute atomic E-state index is 4.64. The van der Waals surface area contributed by atoms with Gasteiger partial charge in [-0.3, -0.25) is 4.98 Å². The predicted octanol–water partition coefficient (Wildman–Crippen LogP) is 3.35. The third-order valence-electron chi connectivity index (χ3n) is 3.00. The molecule has 0 saturated heterocycles. The number of nitrogens with zero attached hydrogens (tertiary/aromatic N) is 1. The lowest BCUT2D eigenvalue weighted by Gasteiger charge is -2.10. The quantitative estimate of drug-likeness (QED) is 0.812. The molecule has 1 N–H and O–H groups in total. The van der Waals surface area contributed by atoms with Crippen LogP contribution in [-0.4, -0.2) is 11.5 Å². The van der Waals surface area contributed by atoms with Crippen LogP contribution in [0.15, 0.2) is 24.3 Å². The summed E-state index contributed by atoms with van der Waals surface area (Å²) in [7, 11) is 0. The monoisotopic (exact) mass is 228 g/mol. The van der Waals surface area contributed by atoms with E-state index in [4.69, 9.17) is 0 Å². The molecule has 0 amide bonds. The van der Waals surface area contributed by atoms with Crippen LogP contribution >= 0.6 is 0 Å². The average Bonchev–Trinajstić information content (AvgIpc) is 2.31. The zero-order valence-corrected chi connectivity index (χ0v) is 10.9. The van der Waals surface area contributed by atoms with Gasteiger partial charge in [0.25, 0.3) is 0 Å². The van der Waals surface area contributed by atoms with Gasteiger partial charge in [0, 0.05) is 17.6 Å². The van der Waals surface area contributed by atoms with E-state index in [2.05, 4.69) is 55.3 Å². The van der Waals surface area contributed by atoms with Crippen LogP contribution in [0.3, 0.4) is 0 Å². The Labute approximate surface area is 103 Å². The number of hydrogen-bond acceptors (Lipinski definition) is 2. The normalized spacial score (nSPS) is 11.0. The third kappa shape index (κ3) is 2.64. The zero-order valence-electron chi connectivity index (χ0n) is 10.9. The third-order valence-corrected chi connectivity index (χ3v) is 3.00. The Hall–Kier alpha value is -1.41. The molecule has 0 atom stereocenters. The van der Waals surface area contributed by atoms with E-state index in [0.29, 0.717) is 0 Å². The van der Waals surface area contributed by atoms with Gasteiger partial charge in [-0.25, -0.2) is 0 Å². The fraction of sp³-hybridized carbons (Fsp3) is 0.400. The van der Waals surface area contributed by atoms with Crippen LogP contribution in [0.25, 0.3) is 10.9 Å². The minimum absolute atomic E-state index is 0.928. The van der Waals surface area contributed by atoms with Gasteiger partial charge in [-0.2, -0.15) is 0 Å². The van der Waals surface area contributed by atoms with Crippen molar-refractivity contribution < 1.29 is 0 Å². The molecule has 0 saturated carbocycles. The van der Waals surface area contributed by atoms with Gasteiger partial charge in [0.2, 0.25) is 0 Å². The molecule has 2 aromatic rings. The van der Waals surface area contributed by atoms with Crippen LogP contribution < -0.4 is 5.32 Å². The van der Waals surface area contributed by atoms with E-state index in [1.54, 1.807) is 0 Å². The van der Waals surface area contributed by atoms with Crippen LogP contribution in [0.5, 0.6) is 0 Å². The van der Waals surface area contributed by atoms with Crippen molar-refractivity contribution in [1.82, 2.24) is 10.3 Å². The first-order valence-electron chi connectivity index (χ1n) is 6.29. The molecule has 0 aliphatic heterocycles. The molecule has 0 radical (unpaired) electrons.